The van der Waals surface area contributed by atoms with E-state index in [2.05, 4.69) is 32.6 Å². The molecule has 0 aromatic carbocycles. The van der Waals surface area contributed by atoms with Gasteiger partial charge in [0.15, 0.2) is 0 Å². The number of nitrogens with two attached hydrogens (primary N) is 1. The van der Waals surface area contributed by atoms with Crippen LogP contribution < -0.4 is 5.73 Å². The molecule has 2 fully saturated rings. The first-order valence-corrected chi connectivity index (χ1v) is 8.43. The molecule has 112 valence electrons. The van der Waals surface area contributed by atoms with E-state index in [1.807, 2.05) is 0 Å². The van der Waals surface area contributed by atoms with Gasteiger partial charge in [-0.25, -0.2) is 0 Å². The lowest BCUT2D eigenvalue weighted by Gasteiger charge is -2.49. The first-order valence-electron chi connectivity index (χ1n) is 8.43. The Bertz CT molecular complexity index is 279. The van der Waals surface area contributed by atoms with E-state index >= 15 is 0 Å². The van der Waals surface area contributed by atoms with Crippen LogP contribution >= 0.6 is 0 Å². The maximum atomic E-state index is 6.27. The van der Waals surface area contributed by atoms with E-state index in [9.17, 15) is 0 Å². The number of rotatable bonds is 3. The van der Waals surface area contributed by atoms with Crippen LogP contribution in [0, 0.1) is 23.2 Å². The highest BCUT2D eigenvalue weighted by Crippen LogP contribution is 2.44. The minimum atomic E-state index is 0.402. The highest BCUT2D eigenvalue weighted by atomic mass is 15.1. The normalized spacial score (nSPS) is 37.4. The molecule has 0 aromatic rings. The lowest BCUT2D eigenvalue weighted by molar-refractivity contribution is 0.0208. The molecule has 0 amide bonds. The second-order valence-corrected chi connectivity index (χ2v) is 7.70. The average molecular weight is 266 g/mol. The summed E-state index contributed by atoms with van der Waals surface area (Å²) in [6, 6.07) is 0.414. The van der Waals surface area contributed by atoms with E-state index in [0.717, 1.165) is 11.8 Å². The minimum Gasteiger partial charge on any atom is -0.327 e. The van der Waals surface area contributed by atoms with Crippen molar-refractivity contribution in [3.63, 3.8) is 0 Å². The molecule has 3 unspecified atom stereocenters. The molecule has 0 bridgehead atoms. The summed E-state index contributed by atoms with van der Waals surface area (Å²) in [4.78, 5) is 2.72. The third-order valence-corrected chi connectivity index (χ3v) is 6.48. The highest BCUT2D eigenvalue weighted by molar-refractivity contribution is 4.94. The predicted octanol–water partition coefficient (Wildman–Crippen LogP) is 3.51. The van der Waals surface area contributed by atoms with E-state index in [-0.39, 0.29) is 0 Å². The Balaban J connectivity index is 1.89. The quantitative estimate of drug-likeness (QED) is 0.847. The van der Waals surface area contributed by atoms with Crippen LogP contribution in [0.15, 0.2) is 0 Å². The summed E-state index contributed by atoms with van der Waals surface area (Å²) in [5, 5.41) is 0. The largest absolute Gasteiger partial charge is 0.327 e. The van der Waals surface area contributed by atoms with Gasteiger partial charge in [-0.15, -0.1) is 0 Å². The number of hydrogen-bond donors (Lipinski definition) is 1. The second-order valence-electron chi connectivity index (χ2n) is 7.70. The second kappa shape index (κ2) is 6.13. The standard InChI is InChI=1S/C17H34N2/c1-5-14-8-10-19(11-9-14)12-15-6-7-16(18)13(2)17(15,3)4/h13-16H,5-12,18H2,1-4H3. The van der Waals surface area contributed by atoms with Crippen molar-refractivity contribution in [2.75, 3.05) is 19.6 Å². The molecule has 3 atom stereocenters. The molecule has 1 aliphatic heterocycles. The smallest absolute Gasteiger partial charge is 0.00698 e. The molecular weight excluding hydrogens is 232 g/mol. The Labute approximate surface area is 120 Å². The van der Waals surface area contributed by atoms with Gasteiger partial charge < -0.3 is 10.6 Å². The molecule has 2 N–H and O–H groups in total. The van der Waals surface area contributed by atoms with Crippen LogP contribution in [0.5, 0.6) is 0 Å². The molecule has 2 heteroatoms. The van der Waals surface area contributed by atoms with E-state index in [1.54, 1.807) is 0 Å². The third kappa shape index (κ3) is 3.33. The summed E-state index contributed by atoms with van der Waals surface area (Å²) in [6.07, 6.45) is 6.75. The van der Waals surface area contributed by atoms with Crippen molar-refractivity contribution < 1.29 is 0 Å². The molecule has 1 saturated carbocycles. The van der Waals surface area contributed by atoms with Gasteiger partial charge in [0, 0.05) is 12.6 Å². The molecule has 2 aliphatic rings. The molecule has 0 spiro atoms. The molecule has 2 rings (SSSR count). The summed E-state index contributed by atoms with van der Waals surface area (Å²) in [7, 11) is 0. The number of hydrogen-bond acceptors (Lipinski definition) is 2. The van der Waals surface area contributed by atoms with Crippen molar-refractivity contribution >= 4 is 0 Å². The Morgan fingerprint density at radius 3 is 2.32 bits per heavy atom. The fourth-order valence-corrected chi connectivity index (χ4v) is 4.15. The number of piperidine rings is 1. The van der Waals surface area contributed by atoms with E-state index in [4.69, 9.17) is 5.73 Å². The number of nitrogens with zero attached hydrogens (tertiary/aromatic N) is 1. The average Bonchev–Trinajstić information content (AvgIpc) is 2.41. The third-order valence-electron chi connectivity index (χ3n) is 6.48. The highest BCUT2D eigenvalue weighted by Gasteiger charge is 2.42. The van der Waals surface area contributed by atoms with Gasteiger partial charge in [-0.05, 0) is 61.9 Å². The SMILES string of the molecule is CCC1CCN(CC2CCC(N)C(C)C2(C)C)CC1. The Hall–Kier alpha value is -0.0800. The maximum Gasteiger partial charge on any atom is 0.00698 e. The molecule has 0 radical (unpaired) electrons. The molecule has 1 saturated heterocycles. The fraction of sp³-hybridized carbons (Fsp3) is 1.00. The fourth-order valence-electron chi connectivity index (χ4n) is 4.15. The Morgan fingerprint density at radius 2 is 1.74 bits per heavy atom. The molecule has 19 heavy (non-hydrogen) atoms. The van der Waals surface area contributed by atoms with Crippen molar-refractivity contribution in [3.8, 4) is 0 Å². The van der Waals surface area contributed by atoms with Gasteiger partial charge in [-0.3, -0.25) is 0 Å². The zero-order chi connectivity index (χ0) is 14.0. The van der Waals surface area contributed by atoms with Crippen LogP contribution in [-0.2, 0) is 0 Å². The molecular formula is C17H34N2. The summed E-state index contributed by atoms with van der Waals surface area (Å²) >= 11 is 0. The van der Waals surface area contributed by atoms with Gasteiger partial charge in [-0.2, -0.15) is 0 Å². The molecule has 2 nitrogen and oxygen atoms in total. The first-order chi connectivity index (χ1) is 8.95. The Morgan fingerprint density at radius 1 is 1.11 bits per heavy atom. The van der Waals surface area contributed by atoms with E-state index in [0.29, 0.717) is 17.4 Å². The zero-order valence-electron chi connectivity index (χ0n) is 13.5. The van der Waals surface area contributed by atoms with Crippen LogP contribution in [0.1, 0.15) is 59.8 Å². The van der Waals surface area contributed by atoms with Gasteiger partial charge in [0.1, 0.15) is 0 Å². The number of likely N-dealkylation sites (tertiary alicyclic amines) is 1. The monoisotopic (exact) mass is 266 g/mol. The Kier molecular flexibility index (Phi) is 4.94. The zero-order valence-corrected chi connectivity index (χ0v) is 13.5. The summed E-state index contributed by atoms with van der Waals surface area (Å²) < 4.78 is 0. The van der Waals surface area contributed by atoms with Crippen LogP contribution in [-0.4, -0.2) is 30.6 Å². The lowest BCUT2D eigenvalue weighted by Crippen LogP contribution is -2.50. The van der Waals surface area contributed by atoms with Crippen molar-refractivity contribution in [1.82, 2.24) is 4.90 Å². The predicted molar refractivity (Wildman–Crippen MR) is 83.1 cm³/mol. The lowest BCUT2D eigenvalue weighted by atomic mass is 9.61. The molecule has 1 heterocycles. The van der Waals surface area contributed by atoms with Gasteiger partial charge in [0.05, 0.1) is 0 Å². The molecule has 1 aliphatic carbocycles. The van der Waals surface area contributed by atoms with Crippen molar-refractivity contribution in [2.45, 2.75) is 65.8 Å². The molecule has 0 aromatic heterocycles. The van der Waals surface area contributed by atoms with Gasteiger partial charge in [0.2, 0.25) is 0 Å². The first kappa shape index (κ1) is 15.3. The van der Waals surface area contributed by atoms with Crippen LogP contribution in [0.2, 0.25) is 0 Å². The maximum absolute atomic E-state index is 6.27. The van der Waals surface area contributed by atoms with Crippen molar-refractivity contribution in [2.24, 2.45) is 28.9 Å². The van der Waals surface area contributed by atoms with Crippen molar-refractivity contribution in [1.29, 1.82) is 0 Å². The van der Waals surface area contributed by atoms with Crippen molar-refractivity contribution in [3.05, 3.63) is 0 Å². The van der Waals surface area contributed by atoms with E-state index in [1.165, 1.54) is 51.7 Å². The minimum absolute atomic E-state index is 0.402. The summed E-state index contributed by atoms with van der Waals surface area (Å²) in [6.45, 7) is 13.5. The summed E-state index contributed by atoms with van der Waals surface area (Å²) in [5.74, 6) is 2.47. The van der Waals surface area contributed by atoms with Gasteiger partial charge >= 0.3 is 0 Å². The topological polar surface area (TPSA) is 29.3 Å². The van der Waals surface area contributed by atoms with Crippen LogP contribution in [0.4, 0.5) is 0 Å². The van der Waals surface area contributed by atoms with E-state index < -0.39 is 0 Å². The van der Waals surface area contributed by atoms with Crippen LogP contribution in [0.3, 0.4) is 0 Å². The van der Waals surface area contributed by atoms with Gasteiger partial charge in [0.25, 0.3) is 0 Å². The summed E-state index contributed by atoms with van der Waals surface area (Å²) in [5.41, 5.74) is 6.67. The van der Waals surface area contributed by atoms with Crippen LogP contribution in [0.25, 0.3) is 0 Å². The van der Waals surface area contributed by atoms with Gasteiger partial charge in [-0.1, -0.05) is 34.1 Å².